The van der Waals surface area contributed by atoms with Crippen LogP contribution >= 0.6 is 0 Å². The minimum atomic E-state index is -0.376. The van der Waals surface area contributed by atoms with Gasteiger partial charge in [-0.05, 0) is 98.2 Å². The third-order valence-corrected chi connectivity index (χ3v) is 10.9. The third kappa shape index (κ3) is 8.48. The van der Waals surface area contributed by atoms with Gasteiger partial charge in [-0.3, -0.25) is 0 Å². The molecule has 1 aromatic carbocycles. The molecule has 0 saturated carbocycles. The fraction of sp³-hybridized carbons (Fsp3) is 0.413. The monoisotopic (exact) mass is 730 g/mol. The normalized spacial score (nSPS) is 12.9. The Hall–Kier alpha value is -5.11. The number of aromatic nitrogens is 4. The van der Waals surface area contributed by atoms with Gasteiger partial charge in [-0.2, -0.15) is 0 Å². The smallest absolute Gasteiger partial charge is 0.337 e. The van der Waals surface area contributed by atoms with Crippen molar-refractivity contribution < 1.29 is 19.7 Å². The maximum absolute atomic E-state index is 12.4. The van der Waals surface area contributed by atoms with Crippen molar-refractivity contribution in [2.45, 2.75) is 117 Å². The summed E-state index contributed by atoms with van der Waals surface area (Å²) in [5.74, 6) is -0.601. The van der Waals surface area contributed by atoms with Crippen LogP contribution in [-0.2, 0) is 4.74 Å². The first-order chi connectivity index (χ1) is 26.4. The number of carbonyl (C=O) groups is 1. The number of hydrogen-bond acceptors (Lipinski definition) is 4. The number of unbranched alkanes of at least 4 members (excludes halogenated alkanes) is 9. The van der Waals surface area contributed by atoms with Crippen LogP contribution in [0.3, 0.4) is 0 Å². The van der Waals surface area contributed by atoms with E-state index in [1.165, 1.54) is 25.5 Å². The number of benzene rings is 1. The number of hydrogen-bond donors (Lipinski definition) is 6. The van der Waals surface area contributed by atoms with Gasteiger partial charge in [0.25, 0.3) is 0 Å². The van der Waals surface area contributed by atoms with Crippen LogP contribution in [0.5, 0.6) is 11.5 Å². The lowest BCUT2D eigenvalue weighted by Gasteiger charge is -2.10. The molecule has 0 atom stereocenters. The summed E-state index contributed by atoms with van der Waals surface area (Å²) in [6, 6.07) is 20.3. The van der Waals surface area contributed by atoms with Crippen LogP contribution < -0.4 is 21.4 Å². The summed E-state index contributed by atoms with van der Waals surface area (Å²) in [6.45, 7) is 6.66. The van der Waals surface area contributed by atoms with Gasteiger partial charge in [-0.1, -0.05) is 90.7 Å². The second-order valence-electron chi connectivity index (χ2n) is 14.7. The largest absolute Gasteiger partial charge is 0.503 e. The number of carbonyl (C=O) groups excluding carboxylic acids is 1. The Morgan fingerprint density at radius 1 is 0.519 bits per heavy atom. The Balaban J connectivity index is 1.65. The Bertz CT molecular complexity index is 2280. The number of methoxy groups -OCH3 is 1. The number of esters is 1. The molecule has 0 fully saturated rings. The molecule has 6 rings (SSSR count). The molecule has 0 amide bonds. The van der Waals surface area contributed by atoms with Crippen molar-refractivity contribution in [2.24, 2.45) is 0 Å². The summed E-state index contributed by atoms with van der Waals surface area (Å²) in [5, 5.41) is 26.5. The highest BCUT2D eigenvalue weighted by Gasteiger charge is 2.20. The highest BCUT2D eigenvalue weighted by molar-refractivity contribution is 5.90. The van der Waals surface area contributed by atoms with E-state index in [4.69, 9.17) is 4.74 Å². The topological polar surface area (TPSA) is 130 Å². The van der Waals surface area contributed by atoms with E-state index in [1.807, 2.05) is 12.1 Å². The maximum Gasteiger partial charge on any atom is 0.337 e. The lowest BCUT2D eigenvalue weighted by Crippen LogP contribution is -2.18. The quantitative estimate of drug-likeness (QED) is 0.0425. The van der Waals surface area contributed by atoms with Gasteiger partial charge < -0.3 is 34.9 Å². The Morgan fingerprint density at radius 3 is 1.50 bits per heavy atom. The molecule has 8 heteroatoms. The molecule has 4 aromatic heterocycles. The van der Waals surface area contributed by atoms with Crippen LogP contribution in [0, 0.1) is 0 Å². The van der Waals surface area contributed by atoms with Crippen molar-refractivity contribution in [3.05, 3.63) is 116 Å². The molecule has 286 valence electrons. The fourth-order valence-electron chi connectivity index (χ4n) is 7.83. The van der Waals surface area contributed by atoms with E-state index < -0.39 is 0 Å². The van der Waals surface area contributed by atoms with Gasteiger partial charge in [0.15, 0.2) is 11.5 Å². The predicted octanol–water partition coefficient (Wildman–Crippen LogP) is 8.27. The zero-order chi connectivity index (χ0) is 38.0. The van der Waals surface area contributed by atoms with Crippen LogP contribution in [0.2, 0.25) is 0 Å². The molecule has 1 aliphatic rings. The van der Waals surface area contributed by atoms with E-state index in [1.54, 1.807) is 12.1 Å². The van der Waals surface area contributed by atoms with Gasteiger partial charge in [-0.15, -0.1) is 0 Å². The van der Waals surface area contributed by atoms with Crippen molar-refractivity contribution in [1.82, 2.24) is 19.9 Å². The summed E-state index contributed by atoms with van der Waals surface area (Å²) < 4.78 is 4.99. The SMILES string of the molecule is CCCCCCC1=c2ccc([nH]2)=C(c2ccc(C(=O)OC)cc2)c2ccc([nH]2)C(CCCCCC)=c2[nH]c(c(O)c2O)=C(CCCCCC)c2ccc1[nH]2. The van der Waals surface area contributed by atoms with E-state index >= 15 is 0 Å². The molecular weight excluding hydrogens is 673 g/mol. The lowest BCUT2D eigenvalue weighted by atomic mass is 10.0. The van der Waals surface area contributed by atoms with Crippen molar-refractivity contribution in [2.75, 3.05) is 7.11 Å². The standard InChI is InChI=1S/C46H58N4O4/c1-5-8-11-14-17-32-35-24-25-37(47-35)33(18-15-12-9-6-2)42-44(51)45(52)43(50-42)34(19-16-13-10-7-3)38-27-29-40(49-38)41(39-28-26-36(32)48-39)30-20-22-31(23-21-30)46(53)54-4/h20-29,47-52H,5-19H2,1-4H3. The highest BCUT2D eigenvalue weighted by Crippen LogP contribution is 2.29. The molecular formula is C46H58N4O4. The molecule has 0 saturated heterocycles. The summed E-state index contributed by atoms with van der Waals surface area (Å²) in [5.41, 5.74) is 9.25. The number of aromatic amines is 4. The zero-order valence-corrected chi connectivity index (χ0v) is 32.6. The highest BCUT2D eigenvalue weighted by atomic mass is 16.5. The summed E-state index contributed by atoms with van der Waals surface area (Å²) in [6.07, 6.45) is 15.6. The van der Waals surface area contributed by atoms with Crippen molar-refractivity contribution >= 4 is 28.3 Å². The van der Waals surface area contributed by atoms with Crippen molar-refractivity contribution in [3.8, 4) is 11.5 Å². The second-order valence-corrected chi connectivity index (χ2v) is 14.7. The van der Waals surface area contributed by atoms with Crippen LogP contribution in [0.25, 0.3) is 22.3 Å². The minimum Gasteiger partial charge on any atom is -0.503 e. The van der Waals surface area contributed by atoms with Gasteiger partial charge in [-0.25, -0.2) is 4.79 Å². The molecule has 0 radical (unpaired) electrons. The van der Waals surface area contributed by atoms with E-state index in [9.17, 15) is 15.0 Å². The van der Waals surface area contributed by atoms with Gasteiger partial charge in [0, 0.05) is 50.2 Å². The molecule has 5 heterocycles. The first kappa shape index (κ1) is 38.6. The number of ether oxygens (including phenoxy) is 1. The average Bonchev–Trinajstić information content (AvgIpc) is 4.02. The number of rotatable bonds is 17. The summed E-state index contributed by atoms with van der Waals surface area (Å²) >= 11 is 0. The zero-order valence-electron chi connectivity index (χ0n) is 32.6. The summed E-state index contributed by atoms with van der Waals surface area (Å²) in [7, 11) is 1.39. The Morgan fingerprint density at radius 2 is 0.981 bits per heavy atom. The number of nitrogens with one attached hydrogen (secondary N) is 4. The minimum absolute atomic E-state index is 0.107. The van der Waals surface area contributed by atoms with E-state index in [0.29, 0.717) is 16.3 Å². The third-order valence-electron chi connectivity index (χ3n) is 10.9. The number of aromatic hydroxyl groups is 2. The Labute approximate surface area is 318 Å². The van der Waals surface area contributed by atoms with Crippen LogP contribution in [0.1, 0.15) is 156 Å². The first-order valence-corrected chi connectivity index (χ1v) is 20.2. The molecule has 0 aliphatic carbocycles. The van der Waals surface area contributed by atoms with Crippen LogP contribution in [0.15, 0.2) is 60.7 Å². The van der Waals surface area contributed by atoms with Gasteiger partial charge in [0.2, 0.25) is 0 Å². The van der Waals surface area contributed by atoms with E-state index in [-0.39, 0.29) is 17.5 Å². The predicted molar refractivity (Wildman–Crippen MR) is 218 cm³/mol. The van der Waals surface area contributed by atoms with Gasteiger partial charge in [0.1, 0.15) is 0 Å². The lowest BCUT2D eigenvalue weighted by molar-refractivity contribution is 0.0600. The first-order valence-electron chi connectivity index (χ1n) is 20.2. The fourth-order valence-corrected chi connectivity index (χ4v) is 7.83. The second kappa shape index (κ2) is 18.3. The summed E-state index contributed by atoms with van der Waals surface area (Å²) in [4.78, 5) is 27.2. The van der Waals surface area contributed by atoms with Gasteiger partial charge in [0.05, 0.1) is 23.4 Å². The molecule has 8 bridgehead atoms. The number of fused-ring (bicyclic) bond motifs is 8. The van der Waals surface area contributed by atoms with Gasteiger partial charge >= 0.3 is 5.97 Å². The molecule has 6 N–H and O–H groups in total. The van der Waals surface area contributed by atoms with Crippen molar-refractivity contribution in [1.29, 1.82) is 0 Å². The molecule has 8 nitrogen and oxygen atoms in total. The average molecular weight is 731 g/mol. The molecule has 0 unspecified atom stereocenters. The maximum atomic E-state index is 12.4. The molecule has 54 heavy (non-hydrogen) atoms. The van der Waals surface area contributed by atoms with E-state index in [0.717, 1.165) is 139 Å². The molecule has 5 aromatic rings. The molecule has 1 aliphatic heterocycles. The van der Waals surface area contributed by atoms with Crippen LogP contribution in [0.4, 0.5) is 0 Å². The molecule has 0 spiro atoms. The van der Waals surface area contributed by atoms with E-state index in [2.05, 4.69) is 77.1 Å². The number of H-pyrrole nitrogens is 4. The van der Waals surface area contributed by atoms with Crippen LogP contribution in [-0.4, -0.2) is 43.2 Å². The Kier molecular flexibility index (Phi) is 13.1. The van der Waals surface area contributed by atoms with Crippen molar-refractivity contribution in [3.63, 3.8) is 0 Å².